The number of allylic oxidation sites excluding steroid dienone is 1. The molecule has 0 heterocycles. The van der Waals surface area contributed by atoms with Crippen molar-refractivity contribution in [2.24, 2.45) is 5.92 Å². The Morgan fingerprint density at radius 2 is 1.95 bits per heavy atom. The highest BCUT2D eigenvalue weighted by Gasteiger charge is 2.14. The van der Waals surface area contributed by atoms with E-state index >= 15 is 0 Å². The number of rotatable bonds is 9. The molecular formula is C20H28O2. The number of unbranched alkanes of at least 4 members (excludes halogenated alkanes) is 1. The second-order valence-electron chi connectivity index (χ2n) is 5.80. The van der Waals surface area contributed by atoms with E-state index in [1.807, 2.05) is 37.3 Å². The Morgan fingerprint density at radius 1 is 1.27 bits per heavy atom. The smallest absolute Gasteiger partial charge is 0.338 e. The van der Waals surface area contributed by atoms with Gasteiger partial charge in [0.05, 0.1) is 6.26 Å². The van der Waals surface area contributed by atoms with Crippen LogP contribution in [0, 0.1) is 5.92 Å². The average molecular weight is 300 g/mol. The van der Waals surface area contributed by atoms with Gasteiger partial charge in [-0.3, -0.25) is 0 Å². The molecule has 1 aromatic carbocycles. The molecule has 0 radical (unpaired) electrons. The molecule has 0 aromatic heterocycles. The maximum absolute atomic E-state index is 12.0. The number of hydrogen-bond donors (Lipinski definition) is 0. The molecule has 2 nitrogen and oxygen atoms in total. The van der Waals surface area contributed by atoms with E-state index in [0.29, 0.717) is 11.5 Å². The second kappa shape index (κ2) is 9.99. The van der Waals surface area contributed by atoms with Crippen LogP contribution >= 0.6 is 0 Å². The first kappa shape index (κ1) is 18.2. The average Bonchev–Trinajstić information content (AvgIpc) is 2.56. The van der Waals surface area contributed by atoms with Crippen LogP contribution in [0.2, 0.25) is 0 Å². The minimum atomic E-state index is -0.315. The lowest BCUT2D eigenvalue weighted by atomic mass is 9.92. The van der Waals surface area contributed by atoms with Crippen molar-refractivity contribution >= 4 is 11.5 Å². The molecule has 1 atom stereocenters. The fraction of sp³-hybridized carbons (Fsp3) is 0.450. The number of carbonyl (C=O) groups is 1. The van der Waals surface area contributed by atoms with Crippen LogP contribution < -0.4 is 0 Å². The van der Waals surface area contributed by atoms with Crippen LogP contribution in [-0.2, 0) is 9.53 Å². The molecular weight excluding hydrogens is 272 g/mol. The third-order valence-corrected chi connectivity index (χ3v) is 3.94. The van der Waals surface area contributed by atoms with Crippen LogP contribution in [0.5, 0.6) is 0 Å². The number of esters is 1. The third-order valence-electron chi connectivity index (χ3n) is 3.94. The van der Waals surface area contributed by atoms with Gasteiger partial charge in [0, 0.05) is 5.57 Å². The molecule has 120 valence electrons. The van der Waals surface area contributed by atoms with E-state index in [4.69, 9.17) is 4.74 Å². The number of hydrogen-bond acceptors (Lipinski definition) is 2. The summed E-state index contributed by atoms with van der Waals surface area (Å²) in [5, 5.41) is 0. The Bertz CT molecular complexity index is 500. The van der Waals surface area contributed by atoms with Crippen molar-refractivity contribution in [3.63, 3.8) is 0 Å². The summed E-state index contributed by atoms with van der Waals surface area (Å²) >= 11 is 0. The maximum Gasteiger partial charge on any atom is 0.338 e. The minimum absolute atomic E-state index is 0.315. The van der Waals surface area contributed by atoms with Crippen LogP contribution in [0.4, 0.5) is 0 Å². The fourth-order valence-corrected chi connectivity index (χ4v) is 2.37. The molecule has 0 spiro atoms. The van der Waals surface area contributed by atoms with Crippen molar-refractivity contribution in [3.05, 3.63) is 54.3 Å². The molecule has 1 unspecified atom stereocenters. The van der Waals surface area contributed by atoms with Gasteiger partial charge in [0.15, 0.2) is 0 Å². The van der Waals surface area contributed by atoms with Crippen molar-refractivity contribution in [2.75, 3.05) is 0 Å². The molecule has 0 saturated heterocycles. The number of benzene rings is 1. The molecule has 0 aliphatic rings. The normalized spacial score (nSPS) is 12.8. The Morgan fingerprint density at radius 3 is 2.55 bits per heavy atom. The van der Waals surface area contributed by atoms with Crippen LogP contribution in [0.1, 0.15) is 58.4 Å². The summed E-state index contributed by atoms with van der Waals surface area (Å²) in [5.74, 6) is 0.212. The number of ether oxygens (including phenoxy) is 1. The zero-order chi connectivity index (χ0) is 16.4. The predicted octanol–water partition coefficient (Wildman–Crippen LogP) is 5.75. The molecule has 0 amide bonds. The first-order valence-corrected chi connectivity index (χ1v) is 8.19. The Kier molecular flexibility index (Phi) is 8.27. The highest BCUT2D eigenvalue weighted by Crippen LogP contribution is 2.21. The number of carbonyl (C=O) groups excluding carboxylic acids is 1. The summed E-state index contributed by atoms with van der Waals surface area (Å²) in [4.78, 5) is 12.0. The van der Waals surface area contributed by atoms with E-state index in [-0.39, 0.29) is 5.97 Å². The van der Waals surface area contributed by atoms with E-state index in [2.05, 4.69) is 20.4 Å². The molecule has 0 aliphatic heterocycles. The van der Waals surface area contributed by atoms with Gasteiger partial charge in [0.1, 0.15) is 0 Å². The van der Waals surface area contributed by atoms with Crippen LogP contribution in [0.3, 0.4) is 0 Å². The molecule has 1 rings (SSSR count). The van der Waals surface area contributed by atoms with Gasteiger partial charge in [-0.1, -0.05) is 76.4 Å². The zero-order valence-electron chi connectivity index (χ0n) is 14.1. The van der Waals surface area contributed by atoms with E-state index in [0.717, 1.165) is 30.4 Å². The summed E-state index contributed by atoms with van der Waals surface area (Å²) in [6.45, 7) is 10.2. The van der Waals surface area contributed by atoms with E-state index in [9.17, 15) is 4.79 Å². The van der Waals surface area contributed by atoms with Crippen molar-refractivity contribution < 1.29 is 9.53 Å². The topological polar surface area (TPSA) is 26.3 Å². The maximum atomic E-state index is 12.0. The van der Waals surface area contributed by atoms with E-state index < -0.39 is 0 Å². The van der Waals surface area contributed by atoms with Crippen molar-refractivity contribution in [1.29, 1.82) is 0 Å². The molecule has 0 bridgehead atoms. The van der Waals surface area contributed by atoms with E-state index in [1.54, 1.807) is 0 Å². The van der Waals surface area contributed by atoms with Crippen molar-refractivity contribution in [3.8, 4) is 0 Å². The Labute approximate surface area is 134 Å². The van der Waals surface area contributed by atoms with Gasteiger partial charge >= 0.3 is 5.97 Å². The monoisotopic (exact) mass is 300 g/mol. The highest BCUT2D eigenvalue weighted by atomic mass is 16.5. The van der Waals surface area contributed by atoms with Gasteiger partial charge < -0.3 is 4.74 Å². The molecule has 0 saturated carbocycles. The largest absolute Gasteiger partial charge is 0.431 e. The van der Waals surface area contributed by atoms with Gasteiger partial charge in [-0.25, -0.2) is 4.79 Å². The first-order valence-electron chi connectivity index (χ1n) is 8.19. The quantitative estimate of drug-likeness (QED) is 0.329. The summed E-state index contributed by atoms with van der Waals surface area (Å²) < 4.78 is 5.27. The van der Waals surface area contributed by atoms with Gasteiger partial charge in [0.2, 0.25) is 0 Å². The van der Waals surface area contributed by atoms with E-state index in [1.165, 1.54) is 19.1 Å². The molecule has 0 aliphatic carbocycles. The lowest BCUT2D eigenvalue weighted by molar-refractivity contribution is -0.133. The van der Waals surface area contributed by atoms with Crippen molar-refractivity contribution in [1.82, 2.24) is 0 Å². The minimum Gasteiger partial charge on any atom is -0.431 e. The predicted molar refractivity (Wildman–Crippen MR) is 93.2 cm³/mol. The Hall–Kier alpha value is -1.83. The molecule has 2 heteroatoms. The SMILES string of the molecule is C=C(CC(CC)CCCC)C(=O)OC=C(C)c1ccccc1. The van der Waals surface area contributed by atoms with Crippen molar-refractivity contribution in [2.45, 2.75) is 52.9 Å². The van der Waals surface area contributed by atoms with Crippen LogP contribution in [0.25, 0.3) is 5.57 Å². The summed E-state index contributed by atoms with van der Waals surface area (Å²) in [5.41, 5.74) is 2.55. The molecule has 22 heavy (non-hydrogen) atoms. The lowest BCUT2D eigenvalue weighted by Gasteiger charge is -2.14. The second-order valence-corrected chi connectivity index (χ2v) is 5.80. The zero-order valence-corrected chi connectivity index (χ0v) is 14.1. The van der Waals surface area contributed by atoms with Gasteiger partial charge in [-0.2, -0.15) is 0 Å². The highest BCUT2D eigenvalue weighted by molar-refractivity contribution is 5.88. The molecule has 1 aromatic rings. The summed E-state index contributed by atoms with van der Waals surface area (Å²) in [6, 6.07) is 9.88. The van der Waals surface area contributed by atoms with Gasteiger partial charge in [-0.15, -0.1) is 0 Å². The van der Waals surface area contributed by atoms with Gasteiger partial charge in [-0.05, 0) is 30.4 Å². The first-order chi connectivity index (χ1) is 10.6. The fourth-order valence-electron chi connectivity index (χ4n) is 2.37. The summed E-state index contributed by atoms with van der Waals surface area (Å²) in [7, 11) is 0. The standard InChI is InChI=1S/C20H28O2/c1-5-7-11-18(6-2)14-16(3)20(21)22-15-17(4)19-12-9-8-10-13-19/h8-10,12-13,15,18H,3,5-7,11,14H2,1-2,4H3. The molecule has 0 N–H and O–H groups in total. The molecule has 0 fully saturated rings. The summed E-state index contributed by atoms with van der Waals surface area (Å²) in [6.07, 6.45) is 6.87. The van der Waals surface area contributed by atoms with Crippen LogP contribution in [0.15, 0.2) is 48.7 Å². The third kappa shape index (κ3) is 6.30. The Balaban J connectivity index is 2.52. The van der Waals surface area contributed by atoms with Gasteiger partial charge in [0.25, 0.3) is 0 Å². The van der Waals surface area contributed by atoms with Crippen LogP contribution in [-0.4, -0.2) is 5.97 Å². The lowest BCUT2D eigenvalue weighted by Crippen LogP contribution is -2.09.